The van der Waals surface area contributed by atoms with Crippen LogP contribution >= 0.6 is 0 Å². The van der Waals surface area contributed by atoms with E-state index in [1.54, 1.807) is 0 Å². The Balaban J connectivity index is 1.53. The van der Waals surface area contributed by atoms with Crippen LogP contribution in [0.3, 0.4) is 0 Å². The molecule has 4 aliphatic carbocycles. The van der Waals surface area contributed by atoms with Crippen LogP contribution in [0.5, 0.6) is 0 Å². The first-order chi connectivity index (χ1) is 17.3. The lowest BCUT2D eigenvalue weighted by molar-refractivity contribution is -0.161. The number of aliphatic hydroxyl groups is 3. The molecular weight excluding hydrogens is 400 g/mol. The van der Waals surface area contributed by atoms with Gasteiger partial charge in [0, 0.05) is 20.6 Å². The Labute approximate surface area is 204 Å². The molecule has 4 saturated carbocycles. The van der Waals surface area contributed by atoms with Gasteiger partial charge in [0.1, 0.15) is 5.78 Å². The van der Waals surface area contributed by atoms with Gasteiger partial charge in [-0.05, 0) is 97.2 Å². The van der Waals surface area contributed by atoms with E-state index >= 15 is 0 Å². The maximum absolute atomic E-state index is 13.4. The molecule has 0 radical (unpaired) electrons. The quantitative estimate of drug-likeness (QED) is 0.556. The van der Waals surface area contributed by atoms with Crippen molar-refractivity contribution in [2.75, 3.05) is 0 Å². The van der Waals surface area contributed by atoms with Crippen molar-refractivity contribution in [3.8, 4) is 0 Å². The summed E-state index contributed by atoms with van der Waals surface area (Å²) >= 11 is 0. The van der Waals surface area contributed by atoms with Gasteiger partial charge in [0.05, 0.1) is 18.3 Å². The highest BCUT2D eigenvalue weighted by Gasteiger charge is 2.63. The molecule has 4 fully saturated rings. The number of Topliss-reactive ketones (excluding diaryl/α,β-unsaturated/α-hetero) is 1. The van der Waals surface area contributed by atoms with Crippen molar-refractivity contribution < 1.29 is 28.3 Å². The topological polar surface area (TPSA) is 77.8 Å². The molecule has 32 heavy (non-hydrogen) atoms. The number of hydrogen-bond donors (Lipinski definition) is 3. The standard InChI is InChI=1S/C28H48O4/c1-15(2)16(3)25(31)26(32)17(4)20-7-8-21-19-14-24(30)23-13-18(29)9-11-28(23,6)22(19)10-12-27(20,21)5/h15-23,25-26,29,31-32H,7-14H2,1-6H3/t16-,17-,18+,19-,20+,21-,22-,23+,25+,26+,27+,28+/m0/s1/i1D3,2D3. The number of hydrogen-bond acceptors (Lipinski definition) is 4. The van der Waals surface area contributed by atoms with Crippen LogP contribution in [-0.4, -0.2) is 39.4 Å². The smallest absolute Gasteiger partial charge is 0.136 e. The van der Waals surface area contributed by atoms with Crippen molar-refractivity contribution in [3.63, 3.8) is 0 Å². The summed E-state index contributed by atoms with van der Waals surface area (Å²) < 4.78 is 46.6. The summed E-state index contributed by atoms with van der Waals surface area (Å²) in [5.41, 5.74) is -0.190. The lowest BCUT2D eigenvalue weighted by atomic mass is 9.44. The molecule has 4 heteroatoms. The summed E-state index contributed by atoms with van der Waals surface area (Å²) in [6.07, 6.45) is 3.45. The van der Waals surface area contributed by atoms with Gasteiger partial charge in [0.2, 0.25) is 0 Å². The minimum Gasteiger partial charge on any atom is -0.393 e. The van der Waals surface area contributed by atoms with Gasteiger partial charge in [-0.1, -0.05) is 41.4 Å². The Kier molecular flexibility index (Phi) is 4.84. The second-order valence-electron chi connectivity index (χ2n) is 12.4. The predicted octanol–water partition coefficient (Wildman–Crippen LogP) is 4.84. The summed E-state index contributed by atoms with van der Waals surface area (Å²) in [6.45, 7) is 2.28. The molecule has 0 aliphatic heterocycles. The van der Waals surface area contributed by atoms with E-state index in [1.807, 2.05) is 6.92 Å². The molecule has 0 amide bonds. The fourth-order valence-electron chi connectivity index (χ4n) is 8.98. The maximum Gasteiger partial charge on any atom is 0.136 e. The van der Waals surface area contributed by atoms with E-state index in [0.717, 1.165) is 38.5 Å². The van der Waals surface area contributed by atoms with Crippen molar-refractivity contribution in [3.05, 3.63) is 0 Å². The van der Waals surface area contributed by atoms with Crippen LogP contribution in [0.2, 0.25) is 0 Å². The van der Waals surface area contributed by atoms with E-state index in [9.17, 15) is 20.1 Å². The van der Waals surface area contributed by atoms with Gasteiger partial charge < -0.3 is 15.3 Å². The van der Waals surface area contributed by atoms with E-state index in [0.29, 0.717) is 24.7 Å². The first kappa shape index (κ1) is 17.9. The minimum atomic E-state index is -2.78. The molecule has 4 aliphatic rings. The predicted molar refractivity (Wildman–Crippen MR) is 127 cm³/mol. The highest BCUT2D eigenvalue weighted by molar-refractivity contribution is 5.83. The summed E-state index contributed by atoms with van der Waals surface area (Å²) in [6, 6.07) is 0. The normalized spacial score (nSPS) is 51.4. The molecule has 0 bridgehead atoms. The second-order valence-corrected chi connectivity index (χ2v) is 12.4. The van der Waals surface area contributed by atoms with Gasteiger partial charge in [-0.2, -0.15) is 0 Å². The van der Waals surface area contributed by atoms with Crippen molar-refractivity contribution in [2.24, 2.45) is 58.2 Å². The first-order valence-corrected chi connectivity index (χ1v) is 12.9. The fourth-order valence-corrected chi connectivity index (χ4v) is 8.98. The van der Waals surface area contributed by atoms with Crippen LogP contribution in [0.15, 0.2) is 0 Å². The Morgan fingerprint density at radius 1 is 0.969 bits per heavy atom. The van der Waals surface area contributed by atoms with Crippen LogP contribution in [0.4, 0.5) is 0 Å². The van der Waals surface area contributed by atoms with Crippen molar-refractivity contribution in [1.82, 2.24) is 0 Å². The first-order valence-electron chi connectivity index (χ1n) is 15.9. The van der Waals surface area contributed by atoms with Crippen LogP contribution < -0.4 is 0 Å². The molecule has 0 aromatic rings. The highest BCUT2D eigenvalue weighted by atomic mass is 16.3. The molecule has 4 rings (SSSR count). The van der Waals surface area contributed by atoms with E-state index in [2.05, 4.69) is 13.8 Å². The highest BCUT2D eigenvalue weighted by Crippen LogP contribution is 2.67. The Morgan fingerprint density at radius 3 is 2.31 bits per heavy atom. The van der Waals surface area contributed by atoms with Crippen LogP contribution in [-0.2, 0) is 4.79 Å². The van der Waals surface area contributed by atoms with E-state index in [1.165, 1.54) is 6.92 Å². The van der Waals surface area contributed by atoms with Crippen molar-refractivity contribution in [2.45, 2.75) is 111 Å². The third kappa shape index (κ3) is 3.71. The molecular formula is C28H48O4. The van der Waals surface area contributed by atoms with Crippen LogP contribution in [0, 0.1) is 58.2 Å². The van der Waals surface area contributed by atoms with Gasteiger partial charge in [-0.3, -0.25) is 4.79 Å². The van der Waals surface area contributed by atoms with E-state index in [4.69, 9.17) is 8.22 Å². The SMILES string of the molecule is [2H]C([2H])([2H])C([C@H](C)[C@@H](O)[C@H](O)[C@@H](C)[C@H]1CC[C@H]2[C@@H]3CC(=O)[C@H]4C[C@H](O)CC[C@]4(C)[C@H]3CC[C@]12C)C([2H])([2H])[2H]. The zero-order valence-electron chi connectivity index (χ0n) is 26.3. The molecule has 4 nitrogen and oxygen atoms in total. The maximum atomic E-state index is 13.4. The number of aliphatic hydroxyl groups excluding tert-OH is 3. The lowest BCUT2D eigenvalue weighted by Gasteiger charge is -2.60. The molecule has 184 valence electrons. The van der Waals surface area contributed by atoms with E-state index in [-0.39, 0.29) is 46.4 Å². The number of fused-ring (bicyclic) bond motifs is 5. The second kappa shape index (κ2) is 8.64. The van der Waals surface area contributed by atoms with E-state index < -0.39 is 37.7 Å². The van der Waals surface area contributed by atoms with Gasteiger partial charge in [-0.25, -0.2) is 0 Å². The third-order valence-electron chi connectivity index (χ3n) is 11.1. The zero-order valence-corrected chi connectivity index (χ0v) is 20.3. The molecule has 0 spiro atoms. The summed E-state index contributed by atoms with van der Waals surface area (Å²) in [4.78, 5) is 13.4. The lowest BCUT2D eigenvalue weighted by Crippen LogP contribution is -2.57. The molecule has 0 unspecified atom stereocenters. The van der Waals surface area contributed by atoms with Gasteiger partial charge in [0.25, 0.3) is 0 Å². The number of carbonyl (C=O) groups is 1. The molecule has 0 aromatic carbocycles. The third-order valence-corrected chi connectivity index (χ3v) is 11.1. The Hall–Kier alpha value is -0.450. The van der Waals surface area contributed by atoms with Crippen molar-refractivity contribution in [1.29, 1.82) is 0 Å². The molecule has 3 N–H and O–H groups in total. The summed E-state index contributed by atoms with van der Waals surface area (Å²) in [7, 11) is 0. The number of rotatable bonds is 5. The summed E-state index contributed by atoms with van der Waals surface area (Å²) in [5.74, 6) is -1.84. The average molecular weight is 455 g/mol. The van der Waals surface area contributed by atoms with Crippen molar-refractivity contribution >= 4 is 5.78 Å². The largest absolute Gasteiger partial charge is 0.393 e. The van der Waals surface area contributed by atoms with Gasteiger partial charge in [-0.15, -0.1) is 0 Å². The Bertz CT molecular complexity index is 878. The fraction of sp³-hybridized carbons (Fsp3) is 0.964. The molecule has 12 atom stereocenters. The molecule has 0 heterocycles. The van der Waals surface area contributed by atoms with Crippen LogP contribution in [0.25, 0.3) is 0 Å². The minimum absolute atomic E-state index is 0.0594. The summed E-state index contributed by atoms with van der Waals surface area (Å²) in [5, 5.41) is 32.7. The molecule has 0 aromatic heterocycles. The Morgan fingerprint density at radius 2 is 1.62 bits per heavy atom. The molecule has 0 saturated heterocycles. The monoisotopic (exact) mass is 454 g/mol. The van der Waals surface area contributed by atoms with Crippen LogP contribution in [0.1, 0.15) is 101 Å². The van der Waals surface area contributed by atoms with Gasteiger partial charge in [0.15, 0.2) is 0 Å². The van der Waals surface area contributed by atoms with Gasteiger partial charge >= 0.3 is 0 Å². The zero-order chi connectivity index (χ0) is 28.6. The number of ketones is 1. The average Bonchev–Trinajstić information content (AvgIpc) is 3.14. The number of carbonyl (C=O) groups excluding carboxylic acids is 1.